The molecule has 3 heterocycles. The third kappa shape index (κ3) is 4.31. The van der Waals surface area contributed by atoms with Crippen molar-refractivity contribution in [2.24, 2.45) is 17.8 Å². The van der Waals surface area contributed by atoms with Crippen molar-refractivity contribution in [3.8, 4) is 0 Å². The van der Waals surface area contributed by atoms with Gasteiger partial charge in [-0.15, -0.1) is 0 Å². The van der Waals surface area contributed by atoms with E-state index >= 15 is 0 Å². The molecule has 3 bridgehead atoms. The maximum Gasteiger partial charge on any atom is 0.306 e. The van der Waals surface area contributed by atoms with Crippen LogP contribution in [0.2, 0.25) is 0 Å². The van der Waals surface area contributed by atoms with Gasteiger partial charge in [-0.3, -0.25) is 4.79 Å². The third-order valence-electron chi connectivity index (χ3n) is 11.4. The average molecular weight is 599 g/mol. The summed E-state index contributed by atoms with van der Waals surface area (Å²) in [6, 6.07) is 0. The number of carbonyl (C=O) groups is 1. The molecule has 6 rings (SSSR count). The second-order valence-electron chi connectivity index (χ2n) is 14.1. The van der Waals surface area contributed by atoms with E-state index in [4.69, 9.17) is 18.9 Å². The maximum atomic E-state index is 13.6. The van der Waals surface area contributed by atoms with Gasteiger partial charge in [-0.1, -0.05) is 89.7 Å². The van der Waals surface area contributed by atoms with Crippen molar-refractivity contribution < 1.29 is 39.1 Å². The Morgan fingerprint density at radius 1 is 1.07 bits per heavy atom. The number of aliphatic hydroxyl groups is 3. The summed E-state index contributed by atoms with van der Waals surface area (Å²) < 4.78 is 26.5. The number of fused-ring (bicyclic) bond motifs is 3. The third-order valence-corrected chi connectivity index (χ3v) is 11.4. The number of rotatable bonds is 13. The van der Waals surface area contributed by atoms with Crippen molar-refractivity contribution in [1.82, 2.24) is 0 Å². The van der Waals surface area contributed by atoms with E-state index in [0.29, 0.717) is 12.0 Å². The highest BCUT2D eigenvalue weighted by Crippen LogP contribution is 2.72. The van der Waals surface area contributed by atoms with Gasteiger partial charge < -0.3 is 34.3 Å². The Bertz CT molecular complexity index is 1220. The molecule has 3 saturated heterocycles. The summed E-state index contributed by atoms with van der Waals surface area (Å²) in [4.78, 5) is 13.6. The lowest BCUT2D eigenvalue weighted by atomic mass is 9.54. The SMILES string of the molecule is C=C(C)[C@]12C[C@@H](C)C34O[C@@](/C=C/C=C/CCCCCCCCCC)(O[C@@H]1[C@@H]3[C@@H]1O[C@]1(CO)[C@@H](O)[C@]1(O)C(=O)C(C)=C[C@@H]41)O2. The first-order valence-corrected chi connectivity index (χ1v) is 16.5. The fourth-order valence-electron chi connectivity index (χ4n) is 9.16. The van der Waals surface area contributed by atoms with E-state index in [2.05, 4.69) is 19.6 Å². The van der Waals surface area contributed by atoms with E-state index in [1.54, 1.807) is 19.1 Å². The smallest absolute Gasteiger partial charge is 0.306 e. The Morgan fingerprint density at radius 3 is 2.44 bits per heavy atom. The Morgan fingerprint density at radius 2 is 1.77 bits per heavy atom. The lowest BCUT2D eigenvalue weighted by Crippen LogP contribution is -2.72. The van der Waals surface area contributed by atoms with Crippen LogP contribution in [-0.2, 0) is 23.7 Å². The molecule has 0 aromatic heterocycles. The van der Waals surface area contributed by atoms with Crippen LogP contribution in [0.3, 0.4) is 0 Å². The van der Waals surface area contributed by atoms with Crippen LogP contribution < -0.4 is 0 Å². The Hall–Kier alpha value is -1.65. The molecule has 8 heteroatoms. The van der Waals surface area contributed by atoms with Crippen molar-refractivity contribution in [2.45, 2.75) is 139 Å². The van der Waals surface area contributed by atoms with Crippen LogP contribution in [0.1, 0.15) is 91.9 Å². The number of unbranched alkanes of at least 4 members (excludes halogenated alkanes) is 8. The van der Waals surface area contributed by atoms with Crippen LogP contribution in [0, 0.1) is 17.8 Å². The monoisotopic (exact) mass is 598 g/mol. The molecule has 0 aromatic rings. The molecule has 0 spiro atoms. The van der Waals surface area contributed by atoms with E-state index < -0.39 is 70.9 Å². The topological polar surface area (TPSA) is 118 Å². The second kappa shape index (κ2) is 11.0. The molecule has 0 amide bonds. The van der Waals surface area contributed by atoms with E-state index in [-0.39, 0.29) is 5.92 Å². The summed E-state index contributed by atoms with van der Waals surface area (Å²) in [6.45, 7) is 11.6. The second-order valence-corrected chi connectivity index (χ2v) is 14.1. The molecule has 5 fully saturated rings. The number of epoxide rings is 1. The summed E-state index contributed by atoms with van der Waals surface area (Å²) in [5.74, 6) is -3.80. The van der Waals surface area contributed by atoms with Gasteiger partial charge in [-0.05, 0) is 50.2 Å². The molecule has 0 aromatic carbocycles. The first kappa shape index (κ1) is 31.3. The number of hydrogen-bond donors (Lipinski definition) is 3. The molecule has 43 heavy (non-hydrogen) atoms. The van der Waals surface area contributed by atoms with Gasteiger partial charge in [0.1, 0.15) is 29.5 Å². The van der Waals surface area contributed by atoms with Gasteiger partial charge in [-0.2, -0.15) is 0 Å². The first-order valence-electron chi connectivity index (χ1n) is 16.5. The molecule has 2 saturated carbocycles. The molecule has 8 nitrogen and oxygen atoms in total. The molecule has 0 radical (unpaired) electrons. The van der Waals surface area contributed by atoms with Crippen molar-refractivity contribution in [3.05, 3.63) is 48.1 Å². The van der Waals surface area contributed by atoms with Crippen LogP contribution in [0.4, 0.5) is 0 Å². The average Bonchev–Trinajstić information content (AvgIpc) is 3.62. The number of aliphatic hydroxyl groups excluding tert-OH is 2. The minimum absolute atomic E-state index is 0.237. The summed E-state index contributed by atoms with van der Waals surface area (Å²) in [5, 5.41) is 34.2. The Labute approximate surface area is 255 Å². The molecule has 238 valence electrons. The largest absolute Gasteiger partial charge is 0.393 e. The predicted octanol–water partition coefficient (Wildman–Crippen LogP) is 4.82. The van der Waals surface area contributed by atoms with E-state index in [9.17, 15) is 20.1 Å². The van der Waals surface area contributed by atoms with Crippen molar-refractivity contribution in [2.75, 3.05) is 6.61 Å². The van der Waals surface area contributed by atoms with Gasteiger partial charge >= 0.3 is 5.97 Å². The maximum absolute atomic E-state index is 13.6. The van der Waals surface area contributed by atoms with E-state index in [1.807, 2.05) is 26.0 Å². The number of allylic oxidation sites excluding steroid dienone is 3. The van der Waals surface area contributed by atoms with Crippen LogP contribution in [-0.4, -0.2) is 74.4 Å². The van der Waals surface area contributed by atoms with E-state index in [0.717, 1.165) is 18.4 Å². The van der Waals surface area contributed by atoms with Gasteiger partial charge in [0.25, 0.3) is 0 Å². The van der Waals surface area contributed by atoms with Crippen LogP contribution in [0.25, 0.3) is 0 Å². The first-order chi connectivity index (χ1) is 20.5. The van der Waals surface area contributed by atoms with Gasteiger partial charge in [0.05, 0.1) is 12.2 Å². The normalized spacial score (nSPS) is 47.5. The fourth-order valence-corrected chi connectivity index (χ4v) is 9.16. The number of hydrogen-bond acceptors (Lipinski definition) is 8. The highest BCUT2D eigenvalue weighted by molar-refractivity contribution is 6.05. The zero-order valence-corrected chi connectivity index (χ0v) is 26.2. The molecular formula is C35H50O8. The Kier molecular flexibility index (Phi) is 8.02. The number of carbonyl (C=O) groups excluding carboxylic acids is 1. The van der Waals surface area contributed by atoms with Gasteiger partial charge in [-0.25, -0.2) is 0 Å². The summed E-state index contributed by atoms with van der Waals surface area (Å²) in [5.41, 5.74) is -4.66. The summed E-state index contributed by atoms with van der Waals surface area (Å²) in [6.07, 6.45) is 18.3. The molecular weight excluding hydrogens is 548 g/mol. The minimum Gasteiger partial charge on any atom is -0.393 e. The van der Waals surface area contributed by atoms with E-state index in [1.165, 1.54) is 44.9 Å². The quantitative estimate of drug-likeness (QED) is 0.120. The minimum atomic E-state index is -2.22. The molecule has 6 aliphatic rings. The standard InChI is InChI=1S/C35H50O8/c1-6-7-8-9-10-11-12-13-14-15-16-17-18-33-41-28-26-29-32(21-36,40-29)30(38)34(39)25(19-23(4)27(34)37)35(26,43-33)24(5)20-31(28,42-33)22(2)3/h15-19,24-26,28-30,36,38-39H,2,6-14,20-21H2,1,3-5H3/b16-15+,18-17+/t24-,25-,26-,28-,29+,30-,31-,32+,33+,34-,35?/m1/s1. The van der Waals surface area contributed by atoms with Crippen LogP contribution >= 0.6 is 0 Å². The lowest BCUT2D eigenvalue weighted by Gasteiger charge is -2.59. The summed E-state index contributed by atoms with van der Waals surface area (Å²) >= 11 is 0. The molecule has 3 aliphatic carbocycles. The van der Waals surface area contributed by atoms with Gasteiger partial charge in [0.2, 0.25) is 0 Å². The van der Waals surface area contributed by atoms with Gasteiger partial charge in [0, 0.05) is 17.9 Å². The molecule has 1 unspecified atom stereocenters. The van der Waals surface area contributed by atoms with Crippen LogP contribution in [0.15, 0.2) is 48.1 Å². The highest BCUT2D eigenvalue weighted by atomic mass is 16.9. The highest BCUT2D eigenvalue weighted by Gasteiger charge is 2.88. The van der Waals surface area contributed by atoms with Crippen LogP contribution in [0.5, 0.6) is 0 Å². The number of ketones is 1. The fraction of sp³-hybridized carbons (Fsp3) is 0.743. The molecule has 11 atom stereocenters. The van der Waals surface area contributed by atoms with Gasteiger partial charge in [0.15, 0.2) is 11.4 Å². The molecule has 3 aliphatic heterocycles. The molecule has 3 N–H and O–H groups in total. The Balaban J connectivity index is 1.27. The number of Topliss-reactive ketones (excluding diaryl/α,β-unsaturated/α-hetero) is 1. The van der Waals surface area contributed by atoms with Crippen molar-refractivity contribution >= 4 is 5.78 Å². The van der Waals surface area contributed by atoms with Crippen molar-refractivity contribution in [3.63, 3.8) is 0 Å². The summed E-state index contributed by atoms with van der Waals surface area (Å²) in [7, 11) is 0. The predicted molar refractivity (Wildman–Crippen MR) is 161 cm³/mol. The zero-order valence-electron chi connectivity index (χ0n) is 26.2. The zero-order chi connectivity index (χ0) is 30.8. The lowest BCUT2D eigenvalue weighted by molar-refractivity contribution is -0.406. The van der Waals surface area contributed by atoms with Crippen molar-refractivity contribution in [1.29, 1.82) is 0 Å². The number of ether oxygens (including phenoxy) is 4.